The van der Waals surface area contributed by atoms with E-state index in [0.717, 1.165) is 19.1 Å². The Morgan fingerprint density at radius 2 is 2.00 bits per heavy atom. The SMILES string of the molecule is CN(CCNc1ncc(F)cn1)C1CCCC1. The molecule has 0 aliphatic heterocycles. The minimum absolute atomic E-state index is 0.404. The number of nitrogens with one attached hydrogen (secondary N) is 1. The van der Waals surface area contributed by atoms with Crippen molar-refractivity contribution < 1.29 is 4.39 Å². The molecule has 2 rings (SSSR count). The van der Waals surface area contributed by atoms with E-state index in [2.05, 4.69) is 27.2 Å². The van der Waals surface area contributed by atoms with Crippen LogP contribution in [0, 0.1) is 5.82 Å². The van der Waals surface area contributed by atoms with Gasteiger partial charge in [-0.15, -0.1) is 0 Å². The lowest BCUT2D eigenvalue weighted by Gasteiger charge is -2.23. The topological polar surface area (TPSA) is 41.0 Å². The van der Waals surface area contributed by atoms with Gasteiger partial charge in [-0.2, -0.15) is 0 Å². The van der Waals surface area contributed by atoms with E-state index in [-0.39, 0.29) is 0 Å². The van der Waals surface area contributed by atoms with Crippen LogP contribution in [0.15, 0.2) is 12.4 Å². The largest absolute Gasteiger partial charge is 0.353 e. The minimum atomic E-state index is -0.404. The molecule has 0 atom stereocenters. The maximum Gasteiger partial charge on any atom is 0.222 e. The fourth-order valence-corrected chi connectivity index (χ4v) is 2.28. The van der Waals surface area contributed by atoms with Crippen molar-refractivity contribution in [2.24, 2.45) is 0 Å². The molecule has 5 heteroatoms. The highest BCUT2D eigenvalue weighted by Crippen LogP contribution is 2.21. The fourth-order valence-electron chi connectivity index (χ4n) is 2.28. The third kappa shape index (κ3) is 3.63. The third-order valence-electron chi connectivity index (χ3n) is 3.32. The van der Waals surface area contributed by atoms with Crippen molar-refractivity contribution in [2.75, 3.05) is 25.5 Å². The molecule has 0 spiro atoms. The van der Waals surface area contributed by atoms with Gasteiger partial charge in [-0.05, 0) is 19.9 Å². The van der Waals surface area contributed by atoms with Gasteiger partial charge in [-0.1, -0.05) is 12.8 Å². The molecular weight excluding hydrogens is 219 g/mol. The monoisotopic (exact) mass is 238 g/mol. The van der Waals surface area contributed by atoms with Gasteiger partial charge in [0.1, 0.15) is 0 Å². The quantitative estimate of drug-likeness (QED) is 0.850. The van der Waals surface area contributed by atoms with Gasteiger partial charge in [0, 0.05) is 19.1 Å². The van der Waals surface area contributed by atoms with Crippen molar-refractivity contribution in [3.63, 3.8) is 0 Å². The van der Waals surface area contributed by atoms with Crippen LogP contribution in [-0.4, -0.2) is 41.0 Å². The molecule has 1 aromatic rings. The molecule has 1 saturated carbocycles. The van der Waals surface area contributed by atoms with Crippen molar-refractivity contribution in [3.8, 4) is 0 Å². The van der Waals surface area contributed by atoms with Gasteiger partial charge in [0.15, 0.2) is 5.82 Å². The first kappa shape index (κ1) is 12.2. The molecule has 0 bridgehead atoms. The maximum atomic E-state index is 12.6. The van der Waals surface area contributed by atoms with E-state index < -0.39 is 5.82 Å². The first-order valence-corrected chi connectivity index (χ1v) is 6.17. The van der Waals surface area contributed by atoms with Crippen LogP contribution in [0.1, 0.15) is 25.7 Å². The normalized spacial score (nSPS) is 16.6. The number of likely N-dealkylation sites (N-methyl/N-ethyl adjacent to an activating group) is 1. The second-order valence-electron chi connectivity index (χ2n) is 4.57. The summed E-state index contributed by atoms with van der Waals surface area (Å²) >= 11 is 0. The van der Waals surface area contributed by atoms with E-state index in [4.69, 9.17) is 0 Å². The summed E-state index contributed by atoms with van der Waals surface area (Å²) in [5, 5.41) is 3.10. The minimum Gasteiger partial charge on any atom is -0.353 e. The number of halogens is 1. The first-order chi connectivity index (χ1) is 8.25. The van der Waals surface area contributed by atoms with Gasteiger partial charge in [0.25, 0.3) is 0 Å². The second-order valence-corrected chi connectivity index (χ2v) is 4.57. The smallest absolute Gasteiger partial charge is 0.222 e. The van der Waals surface area contributed by atoms with Gasteiger partial charge in [0.05, 0.1) is 12.4 Å². The van der Waals surface area contributed by atoms with Crippen LogP contribution in [-0.2, 0) is 0 Å². The number of rotatable bonds is 5. The van der Waals surface area contributed by atoms with E-state index in [0.29, 0.717) is 5.95 Å². The lowest BCUT2D eigenvalue weighted by Crippen LogP contribution is -2.33. The average Bonchev–Trinajstić information content (AvgIpc) is 2.85. The number of hydrogen-bond donors (Lipinski definition) is 1. The zero-order valence-electron chi connectivity index (χ0n) is 10.2. The predicted octanol–water partition coefficient (Wildman–Crippen LogP) is 1.90. The summed E-state index contributed by atoms with van der Waals surface area (Å²) in [7, 11) is 2.16. The summed E-state index contributed by atoms with van der Waals surface area (Å²) in [5.74, 6) is 0.0878. The van der Waals surface area contributed by atoms with Crippen molar-refractivity contribution in [3.05, 3.63) is 18.2 Å². The number of nitrogens with zero attached hydrogens (tertiary/aromatic N) is 3. The Kier molecular flexibility index (Phi) is 4.25. The lowest BCUT2D eigenvalue weighted by molar-refractivity contribution is 0.254. The van der Waals surface area contributed by atoms with E-state index >= 15 is 0 Å². The summed E-state index contributed by atoms with van der Waals surface area (Å²) in [5.41, 5.74) is 0. The Balaban J connectivity index is 1.70. The lowest BCUT2D eigenvalue weighted by atomic mass is 10.2. The Hall–Kier alpha value is -1.23. The summed E-state index contributed by atoms with van der Waals surface area (Å²) in [6.45, 7) is 1.75. The first-order valence-electron chi connectivity index (χ1n) is 6.17. The van der Waals surface area contributed by atoms with Crippen molar-refractivity contribution in [1.29, 1.82) is 0 Å². The van der Waals surface area contributed by atoms with Crippen LogP contribution in [0.5, 0.6) is 0 Å². The Bertz CT molecular complexity index is 335. The molecule has 0 saturated heterocycles. The number of hydrogen-bond acceptors (Lipinski definition) is 4. The summed E-state index contributed by atoms with van der Waals surface area (Å²) < 4.78 is 12.6. The molecule has 4 nitrogen and oxygen atoms in total. The number of aromatic nitrogens is 2. The van der Waals surface area contributed by atoms with Gasteiger partial charge >= 0.3 is 0 Å². The van der Waals surface area contributed by atoms with Gasteiger partial charge in [-0.25, -0.2) is 14.4 Å². The average molecular weight is 238 g/mol. The summed E-state index contributed by atoms with van der Waals surface area (Å²) in [6, 6.07) is 0.728. The van der Waals surface area contributed by atoms with Crippen LogP contribution in [0.25, 0.3) is 0 Å². The van der Waals surface area contributed by atoms with Crippen LogP contribution in [0.4, 0.5) is 10.3 Å². The van der Waals surface area contributed by atoms with E-state index in [1.54, 1.807) is 0 Å². The zero-order valence-corrected chi connectivity index (χ0v) is 10.2. The van der Waals surface area contributed by atoms with Gasteiger partial charge < -0.3 is 10.2 Å². The Morgan fingerprint density at radius 3 is 2.65 bits per heavy atom. The Morgan fingerprint density at radius 1 is 1.35 bits per heavy atom. The van der Waals surface area contributed by atoms with E-state index in [1.807, 2.05) is 0 Å². The van der Waals surface area contributed by atoms with Crippen LogP contribution in [0.2, 0.25) is 0 Å². The van der Waals surface area contributed by atoms with Crippen molar-refractivity contribution in [1.82, 2.24) is 14.9 Å². The third-order valence-corrected chi connectivity index (χ3v) is 3.32. The zero-order chi connectivity index (χ0) is 12.1. The molecule has 1 fully saturated rings. The maximum absolute atomic E-state index is 12.6. The highest BCUT2D eigenvalue weighted by molar-refractivity contribution is 5.22. The van der Waals surface area contributed by atoms with E-state index in [1.165, 1.54) is 38.1 Å². The highest BCUT2D eigenvalue weighted by atomic mass is 19.1. The van der Waals surface area contributed by atoms with Gasteiger partial charge in [0.2, 0.25) is 5.95 Å². The van der Waals surface area contributed by atoms with Crippen LogP contribution < -0.4 is 5.32 Å². The molecule has 1 aliphatic rings. The molecule has 0 amide bonds. The molecule has 1 aliphatic carbocycles. The van der Waals surface area contributed by atoms with Crippen LogP contribution in [0.3, 0.4) is 0 Å². The van der Waals surface area contributed by atoms with Crippen molar-refractivity contribution in [2.45, 2.75) is 31.7 Å². The second kappa shape index (κ2) is 5.91. The molecular formula is C12H19FN4. The molecule has 17 heavy (non-hydrogen) atoms. The van der Waals surface area contributed by atoms with Crippen molar-refractivity contribution >= 4 is 5.95 Å². The number of anilines is 1. The molecule has 1 heterocycles. The molecule has 0 unspecified atom stereocenters. The van der Waals surface area contributed by atoms with E-state index in [9.17, 15) is 4.39 Å². The van der Waals surface area contributed by atoms with Crippen LogP contribution >= 0.6 is 0 Å². The molecule has 0 radical (unpaired) electrons. The molecule has 1 aromatic heterocycles. The standard InChI is InChI=1S/C12H19FN4/c1-17(11-4-2-3-5-11)7-6-14-12-15-8-10(13)9-16-12/h8-9,11H,2-7H2,1H3,(H,14,15,16). The molecule has 1 N–H and O–H groups in total. The Labute approximate surface area is 101 Å². The predicted molar refractivity (Wildman–Crippen MR) is 65.4 cm³/mol. The summed E-state index contributed by atoms with van der Waals surface area (Å²) in [4.78, 5) is 10.1. The fraction of sp³-hybridized carbons (Fsp3) is 0.667. The molecule has 0 aromatic carbocycles. The highest BCUT2D eigenvalue weighted by Gasteiger charge is 2.18. The van der Waals surface area contributed by atoms with Gasteiger partial charge in [-0.3, -0.25) is 0 Å². The summed E-state index contributed by atoms with van der Waals surface area (Å²) in [6.07, 6.45) is 7.67. The molecule has 94 valence electrons.